The van der Waals surface area contributed by atoms with E-state index in [1.165, 1.54) is 20.2 Å². The lowest BCUT2D eigenvalue weighted by Crippen LogP contribution is -2.36. The fourth-order valence-electron chi connectivity index (χ4n) is 2.06. The third kappa shape index (κ3) is 4.43. The Morgan fingerprint density at radius 3 is 2.52 bits per heavy atom. The van der Waals surface area contributed by atoms with E-state index >= 15 is 0 Å². The van der Waals surface area contributed by atoms with Crippen LogP contribution in [0.15, 0.2) is 11.1 Å². The number of nitrogens with one attached hydrogen (secondary N) is 2. The quantitative estimate of drug-likeness (QED) is 0.659. The van der Waals surface area contributed by atoms with Crippen LogP contribution in [-0.2, 0) is 21.8 Å². The van der Waals surface area contributed by atoms with Gasteiger partial charge in [-0.05, 0) is 6.92 Å². The smallest absolute Gasteiger partial charge is 0.344 e. The summed E-state index contributed by atoms with van der Waals surface area (Å²) in [6.07, 6.45) is 0. The molecule has 2 heterocycles. The molecule has 0 unspecified atom stereocenters. The SMILES string of the molecule is COC(=O)c1c(Cl)nn(C)c1S(=O)(=O)NC(=O)Nc1nc(C)cc(OC)n1. The van der Waals surface area contributed by atoms with Crippen LogP contribution in [0.2, 0.25) is 5.15 Å². The molecule has 0 saturated carbocycles. The number of aromatic nitrogens is 4. The molecule has 2 aromatic heterocycles. The van der Waals surface area contributed by atoms with E-state index in [1.54, 1.807) is 11.6 Å². The van der Waals surface area contributed by atoms with Crippen molar-refractivity contribution in [3.05, 3.63) is 22.5 Å². The molecule has 0 spiro atoms. The summed E-state index contributed by atoms with van der Waals surface area (Å²) < 4.78 is 37.1. The number of nitrogens with zero attached hydrogens (tertiary/aromatic N) is 4. The maximum Gasteiger partial charge on any atom is 0.344 e. The highest BCUT2D eigenvalue weighted by atomic mass is 35.5. The van der Waals surface area contributed by atoms with Crippen LogP contribution < -0.4 is 14.8 Å². The van der Waals surface area contributed by atoms with Crippen LogP contribution >= 0.6 is 11.6 Å². The summed E-state index contributed by atoms with van der Waals surface area (Å²) in [6, 6.07) is 0.343. The Balaban J connectivity index is 2.31. The number of carbonyl (C=O) groups is 2. The van der Waals surface area contributed by atoms with Crippen LogP contribution in [0.25, 0.3) is 0 Å². The van der Waals surface area contributed by atoms with Crippen LogP contribution in [0, 0.1) is 6.92 Å². The number of amides is 2. The van der Waals surface area contributed by atoms with Crippen LogP contribution in [0.1, 0.15) is 16.1 Å². The van der Waals surface area contributed by atoms with E-state index in [0.717, 1.165) is 11.8 Å². The van der Waals surface area contributed by atoms with Crippen molar-refractivity contribution in [3.8, 4) is 5.88 Å². The van der Waals surface area contributed by atoms with Gasteiger partial charge in [0.15, 0.2) is 10.2 Å². The first-order valence-electron chi connectivity index (χ1n) is 7.13. The van der Waals surface area contributed by atoms with Crippen molar-refractivity contribution in [2.75, 3.05) is 19.5 Å². The molecular formula is C13H15ClN6O6S. The van der Waals surface area contributed by atoms with Gasteiger partial charge in [0.2, 0.25) is 11.8 Å². The lowest BCUT2D eigenvalue weighted by molar-refractivity contribution is 0.0596. The van der Waals surface area contributed by atoms with Crippen LogP contribution in [0.3, 0.4) is 0 Å². The van der Waals surface area contributed by atoms with E-state index in [1.807, 2.05) is 0 Å². The molecule has 0 bridgehead atoms. The molecule has 0 fully saturated rings. The van der Waals surface area contributed by atoms with Crippen molar-refractivity contribution >= 4 is 39.6 Å². The zero-order chi connectivity index (χ0) is 20.4. The maximum atomic E-state index is 12.5. The predicted molar refractivity (Wildman–Crippen MR) is 92.2 cm³/mol. The molecule has 0 aliphatic heterocycles. The van der Waals surface area contributed by atoms with Gasteiger partial charge in [0, 0.05) is 18.8 Å². The first kappa shape index (κ1) is 20.4. The average molecular weight is 419 g/mol. The molecule has 0 aliphatic rings. The zero-order valence-electron chi connectivity index (χ0n) is 14.6. The zero-order valence-corrected chi connectivity index (χ0v) is 16.2. The molecule has 2 N–H and O–H groups in total. The number of anilines is 1. The number of esters is 1. The molecule has 2 rings (SSSR count). The van der Waals surface area contributed by atoms with Crippen molar-refractivity contribution in [1.29, 1.82) is 0 Å². The number of sulfonamides is 1. The number of methoxy groups -OCH3 is 2. The summed E-state index contributed by atoms with van der Waals surface area (Å²) in [6.45, 7) is 1.63. The third-order valence-corrected chi connectivity index (χ3v) is 4.78. The Morgan fingerprint density at radius 1 is 1.26 bits per heavy atom. The summed E-state index contributed by atoms with van der Waals surface area (Å²) in [5.41, 5.74) is -0.0261. The number of halogens is 1. The molecular weight excluding hydrogens is 404 g/mol. The highest BCUT2D eigenvalue weighted by Gasteiger charge is 2.33. The van der Waals surface area contributed by atoms with Gasteiger partial charge < -0.3 is 9.47 Å². The van der Waals surface area contributed by atoms with Crippen molar-refractivity contribution in [1.82, 2.24) is 24.5 Å². The van der Waals surface area contributed by atoms with Crippen molar-refractivity contribution in [2.45, 2.75) is 11.9 Å². The van der Waals surface area contributed by atoms with Gasteiger partial charge in [-0.2, -0.15) is 18.5 Å². The summed E-state index contributed by atoms with van der Waals surface area (Å²) in [4.78, 5) is 31.7. The first-order valence-corrected chi connectivity index (χ1v) is 8.99. The first-order chi connectivity index (χ1) is 12.6. The number of hydrogen-bond donors (Lipinski definition) is 2. The third-order valence-electron chi connectivity index (χ3n) is 3.09. The molecule has 0 radical (unpaired) electrons. The number of carbonyl (C=O) groups excluding carboxylic acids is 2. The Kier molecular flexibility index (Phi) is 5.85. The van der Waals surface area contributed by atoms with Gasteiger partial charge in [0.05, 0.1) is 14.2 Å². The van der Waals surface area contributed by atoms with Crippen LogP contribution in [0.5, 0.6) is 5.88 Å². The molecule has 0 aromatic carbocycles. The molecule has 0 aliphatic carbocycles. The van der Waals surface area contributed by atoms with Crippen molar-refractivity contribution in [3.63, 3.8) is 0 Å². The Labute approximate surface area is 158 Å². The lowest BCUT2D eigenvalue weighted by Gasteiger charge is -2.10. The predicted octanol–water partition coefficient (Wildman–Crippen LogP) is 0.478. The minimum Gasteiger partial charge on any atom is -0.481 e. The minimum atomic E-state index is -4.53. The fourth-order valence-corrected chi connectivity index (χ4v) is 3.62. The molecule has 146 valence electrons. The van der Waals surface area contributed by atoms with Crippen LogP contribution in [0.4, 0.5) is 10.7 Å². The summed E-state index contributed by atoms with van der Waals surface area (Å²) in [5, 5.41) is 4.79. The standard InChI is InChI=1S/C13H15ClN6O6S/c1-6-5-7(25-3)16-12(15-6)17-13(22)19-27(23,24)10-8(11(21)26-4)9(14)18-20(10)2/h5H,1-4H3,(H2,15,16,17,19,22). The maximum absolute atomic E-state index is 12.5. The molecule has 0 saturated heterocycles. The second-order valence-corrected chi connectivity index (χ2v) is 6.98. The van der Waals surface area contributed by atoms with Gasteiger partial charge in [-0.3, -0.25) is 10.00 Å². The van der Waals surface area contributed by atoms with E-state index in [9.17, 15) is 18.0 Å². The lowest BCUT2D eigenvalue weighted by atomic mass is 10.4. The number of aryl methyl sites for hydroxylation is 2. The van der Waals surface area contributed by atoms with Gasteiger partial charge in [-0.25, -0.2) is 19.3 Å². The van der Waals surface area contributed by atoms with E-state index in [-0.39, 0.29) is 11.8 Å². The number of hydrogen-bond acceptors (Lipinski definition) is 9. The number of ether oxygens (including phenoxy) is 2. The molecule has 2 aromatic rings. The fraction of sp³-hybridized carbons (Fsp3) is 0.308. The highest BCUT2D eigenvalue weighted by Crippen LogP contribution is 2.24. The largest absolute Gasteiger partial charge is 0.481 e. The normalized spacial score (nSPS) is 11.0. The summed E-state index contributed by atoms with van der Waals surface area (Å²) in [5.74, 6) is -1.04. The Hall–Kier alpha value is -2.93. The van der Waals surface area contributed by atoms with E-state index in [0.29, 0.717) is 5.69 Å². The van der Waals surface area contributed by atoms with Gasteiger partial charge >= 0.3 is 12.0 Å². The second kappa shape index (κ2) is 7.75. The van der Waals surface area contributed by atoms with Crippen molar-refractivity contribution < 1.29 is 27.5 Å². The van der Waals surface area contributed by atoms with Gasteiger partial charge in [0.1, 0.15) is 5.56 Å². The monoisotopic (exact) mass is 418 g/mol. The molecule has 27 heavy (non-hydrogen) atoms. The second-order valence-electron chi connectivity index (χ2n) is 5.02. The number of rotatable bonds is 5. The molecule has 12 nitrogen and oxygen atoms in total. The van der Waals surface area contributed by atoms with Gasteiger partial charge in [-0.1, -0.05) is 11.6 Å². The molecule has 2 amide bonds. The van der Waals surface area contributed by atoms with Gasteiger partial charge in [-0.15, -0.1) is 0 Å². The van der Waals surface area contributed by atoms with E-state index in [2.05, 4.69) is 25.1 Å². The van der Waals surface area contributed by atoms with Crippen LogP contribution in [-0.4, -0.2) is 54.4 Å². The highest BCUT2D eigenvalue weighted by molar-refractivity contribution is 7.90. The average Bonchev–Trinajstić information content (AvgIpc) is 2.87. The molecule has 14 heteroatoms. The van der Waals surface area contributed by atoms with E-state index in [4.69, 9.17) is 16.3 Å². The minimum absolute atomic E-state index is 0.173. The van der Waals surface area contributed by atoms with E-state index < -0.39 is 37.8 Å². The summed E-state index contributed by atoms with van der Waals surface area (Å²) in [7, 11) is -0.881. The van der Waals surface area contributed by atoms with Crippen molar-refractivity contribution in [2.24, 2.45) is 7.05 Å². The molecule has 0 atom stereocenters. The summed E-state index contributed by atoms with van der Waals surface area (Å²) >= 11 is 5.79. The number of urea groups is 1. The van der Waals surface area contributed by atoms with Gasteiger partial charge in [0.25, 0.3) is 10.0 Å². The topological polar surface area (TPSA) is 154 Å². The Bertz CT molecular complexity index is 1000. The Morgan fingerprint density at radius 2 is 1.93 bits per heavy atom.